The van der Waals surface area contributed by atoms with Crippen LogP contribution in [-0.2, 0) is 24.2 Å². The lowest BCUT2D eigenvalue weighted by molar-refractivity contribution is -0.139. The van der Waals surface area contributed by atoms with Crippen molar-refractivity contribution in [1.29, 1.82) is 0 Å². The summed E-state index contributed by atoms with van der Waals surface area (Å²) in [5, 5.41) is 0. The molecule has 0 saturated carbocycles. The summed E-state index contributed by atoms with van der Waals surface area (Å²) in [5.41, 5.74) is 4.06. The van der Waals surface area contributed by atoms with Crippen LogP contribution in [0.3, 0.4) is 0 Å². The van der Waals surface area contributed by atoms with Crippen molar-refractivity contribution in [2.24, 2.45) is 0 Å². The highest BCUT2D eigenvalue weighted by Crippen LogP contribution is 2.20. The monoisotopic (exact) mass is 440 g/mol. The number of piperazine rings is 1. The second kappa shape index (κ2) is 12.4. The highest BCUT2D eigenvalue weighted by atomic mass is 16.2. The first-order valence-corrected chi connectivity index (χ1v) is 12.4. The lowest BCUT2D eigenvalue weighted by Crippen LogP contribution is -2.53. The Kier molecular flexibility index (Phi) is 8.71. The molecule has 0 radical (unpaired) electrons. The van der Waals surface area contributed by atoms with Crippen LogP contribution in [0.4, 0.5) is 0 Å². The van der Waals surface area contributed by atoms with Crippen LogP contribution in [0.25, 0.3) is 0 Å². The lowest BCUT2D eigenvalue weighted by atomic mass is 9.97. The van der Waals surface area contributed by atoms with Crippen LogP contribution in [0.2, 0.25) is 0 Å². The van der Waals surface area contributed by atoms with E-state index in [9.17, 15) is 4.79 Å². The van der Waals surface area contributed by atoms with Gasteiger partial charge in [-0.25, -0.2) is 0 Å². The first-order valence-electron chi connectivity index (χ1n) is 12.4. The Hall–Kier alpha value is -2.91. The molecule has 1 heterocycles. The first kappa shape index (κ1) is 23.3. The summed E-state index contributed by atoms with van der Waals surface area (Å²) >= 11 is 0. The maximum atomic E-state index is 13.2. The molecule has 0 atom stereocenters. The summed E-state index contributed by atoms with van der Waals surface area (Å²) in [5.74, 6) is 0.293. The zero-order chi connectivity index (χ0) is 22.7. The van der Waals surface area contributed by atoms with Crippen LogP contribution >= 0.6 is 0 Å². The van der Waals surface area contributed by atoms with Crippen molar-refractivity contribution in [1.82, 2.24) is 9.80 Å². The second-order valence-electron chi connectivity index (χ2n) is 9.19. The molecular weight excluding hydrogens is 404 g/mol. The molecule has 0 unspecified atom stereocenters. The smallest absolute Gasteiger partial charge is 0.237 e. The van der Waals surface area contributed by atoms with Crippen LogP contribution in [0.1, 0.15) is 42.4 Å². The molecule has 1 saturated heterocycles. The third-order valence-corrected chi connectivity index (χ3v) is 6.72. The van der Waals surface area contributed by atoms with E-state index >= 15 is 0 Å². The largest absolute Gasteiger partial charge is 0.337 e. The van der Waals surface area contributed by atoms with Crippen molar-refractivity contribution < 1.29 is 4.79 Å². The quantitative estimate of drug-likeness (QED) is 0.379. The Labute approximate surface area is 199 Å². The maximum Gasteiger partial charge on any atom is 0.237 e. The normalized spacial score (nSPS) is 14.7. The van der Waals surface area contributed by atoms with Crippen molar-refractivity contribution in [3.05, 3.63) is 108 Å². The lowest BCUT2D eigenvalue weighted by Gasteiger charge is -2.39. The molecule has 1 amide bonds. The molecule has 3 heteroatoms. The summed E-state index contributed by atoms with van der Waals surface area (Å²) in [7, 11) is 0. The van der Waals surface area contributed by atoms with Gasteiger partial charge in [-0.3, -0.25) is 9.69 Å². The van der Waals surface area contributed by atoms with Crippen molar-refractivity contribution in [3.63, 3.8) is 0 Å². The van der Waals surface area contributed by atoms with Crippen LogP contribution in [-0.4, -0.2) is 41.4 Å². The van der Waals surface area contributed by atoms with Gasteiger partial charge in [-0.15, -0.1) is 0 Å². The Morgan fingerprint density at radius 2 is 1.12 bits per heavy atom. The average molecular weight is 441 g/mol. The van der Waals surface area contributed by atoms with Crippen LogP contribution in [0.5, 0.6) is 0 Å². The fourth-order valence-electron chi connectivity index (χ4n) is 4.93. The number of aryl methyl sites for hydroxylation is 2. The van der Waals surface area contributed by atoms with Crippen LogP contribution in [0.15, 0.2) is 91.0 Å². The van der Waals surface area contributed by atoms with Crippen molar-refractivity contribution in [3.8, 4) is 0 Å². The van der Waals surface area contributed by atoms with Gasteiger partial charge >= 0.3 is 0 Å². The molecule has 1 aliphatic heterocycles. The van der Waals surface area contributed by atoms with E-state index in [0.29, 0.717) is 18.5 Å². The van der Waals surface area contributed by atoms with Crippen molar-refractivity contribution >= 4 is 5.91 Å². The Bertz CT molecular complexity index is 913. The molecule has 3 aromatic rings. The number of carbonyl (C=O) groups is 1. The minimum absolute atomic E-state index is 0.293. The number of benzene rings is 3. The molecule has 1 aliphatic rings. The van der Waals surface area contributed by atoms with Gasteiger partial charge in [-0.2, -0.15) is 0 Å². The zero-order valence-corrected chi connectivity index (χ0v) is 19.6. The first-order chi connectivity index (χ1) is 16.3. The van der Waals surface area contributed by atoms with E-state index in [1.165, 1.54) is 16.7 Å². The van der Waals surface area contributed by atoms with Gasteiger partial charge in [0, 0.05) is 25.7 Å². The van der Waals surface area contributed by atoms with Gasteiger partial charge in [0.1, 0.15) is 0 Å². The van der Waals surface area contributed by atoms with E-state index in [1.54, 1.807) is 0 Å². The van der Waals surface area contributed by atoms with Gasteiger partial charge in [-0.1, -0.05) is 91.0 Å². The molecule has 0 spiro atoms. The molecular formula is C30H36N2O. The summed E-state index contributed by atoms with van der Waals surface area (Å²) in [4.78, 5) is 17.7. The van der Waals surface area contributed by atoms with Gasteiger partial charge in [0.15, 0.2) is 0 Å². The number of rotatable bonds is 11. The van der Waals surface area contributed by atoms with E-state index in [0.717, 1.165) is 58.2 Å². The maximum absolute atomic E-state index is 13.2. The summed E-state index contributed by atoms with van der Waals surface area (Å²) < 4.78 is 0. The number of hydrogen-bond acceptors (Lipinski definition) is 2. The van der Waals surface area contributed by atoms with E-state index in [2.05, 4.69) is 94.7 Å². The second-order valence-corrected chi connectivity index (χ2v) is 9.19. The van der Waals surface area contributed by atoms with Crippen molar-refractivity contribution in [2.75, 3.05) is 19.6 Å². The van der Waals surface area contributed by atoms with Gasteiger partial charge < -0.3 is 4.90 Å². The summed E-state index contributed by atoms with van der Waals surface area (Å²) in [6, 6.07) is 32.2. The zero-order valence-electron chi connectivity index (χ0n) is 19.6. The topological polar surface area (TPSA) is 23.6 Å². The Morgan fingerprint density at radius 3 is 1.61 bits per heavy atom. The fraction of sp³-hybridized carbons (Fsp3) is 0.367. The van der Waals surface area contributed by atoms with E-state index < -0.39 is 0 Å². The minimum atomic E-state index is 0.293. The molecule has 4 rings (SSSR count). The van der Waals surface area contributed by atoms with E-state index in [1.807, 2.05) is 6.07 Å². The fourth-order valence-corrected chi connectivity index (χ4v) is 4.93. The molecule has 172 valence electrons. The third kappa shape index (κ3) is 7.30. The number of amides is 1. The molecule has 0 N–H and O–H groups in total. The number of carbonyl (C=O) groups excluding carboxylic acids is 1. The molecule has 3 nitrogen and oxygen atoms in total. The van der Waals surface area contributed by atoms with Gasteiger partial charge in [0.05, 0.1) is 6.54 Å². The van der Waals surface area contributed by atoms with Crippen molar-refractivity contribution in [2.45, 2.75) is 51.1 Å². The van der Waals surface area contributed by atoms with E-state index in [4.69, 9.17) is 0 Å². The predicted octanol–water partition coefficient (Wildman–Crippen LogP) is 5.75. The molecule has 33 heavy (non-hydrogen) atoms. The molecule has 0 aromatic heterocycles. The minimum Gasteiger partial charge on any atom is -0.337 e. The number of hydrogen-bond donors (Lipinski definition) is 0. The van der Waals surface area contributed by atoms with Gasteiger partial charge in [-0.05, 0) is 55.2 Å². The SMILES string of the molecule is O=C1CN(Cc2ccccc2)CCN1C(CCCc1ccccc1)CCCc1ccccc1. The molecule has 0 bridgehead atoms. The summed E-state index contributed by atoms with van der Waals surface area (Å²) in [6.07, 6.45) is 6.56. The Morgan fingerprint density at radius 1 is 0.636 bits per heavy atom. The third-order valence-electron chi connectivity index (χ3n) is 6.72. The van der Waals surface area contributed by atoms with Gasteiger partial charge in [0.2, 0.25) is 5.91 Å². The summed E-state index contributed by atoms with van der Waals surface area (Å²) in [6.45, 7) is 3.18. The van der Waals surface area contributed by atoms with Crippen LogP contribution < -0.4 is 0 Å². The van der Waals surface area contributed by atoms with E-state index in [-0.39, 0.29) is 0 Å². The highest BCUT2D eigenvalue weighted by Gasteiger charge is 2.29. The Balaban J connectivity index is 1.33. The molecule has 1 fully saturated rings. The molecule has 0 aliphatic carbocycles. The molecule has 3 aromatic carbocycles. The standard InChI is InChI=1S/C30H36N2O/c33-30-25-31(24-28-16-8-3-9-17-28)22-23-32(30)29(20-10-18-26-12-4-1-5-13-26)21-11-19-27-14-6-2-7-15-27/h1-9,12-17,29H,10-11,18-25H2. The predicted molar refractivity (Wildman–Crippen MR) is 136 cm³/mol. The van der Waals surface area contributed by atoms with Gasteiger partial charge in [0.25, 0.3) is 0 Å². The highest BCUT2D eigenvalue weighted by molar-refractivity contribution is 5.79. The average Bonchev–Trinajstić information content (AvgIpc) is 2.85. The number of nitrogens with zero attached hydrogens (tertiary/aromatic N) is 2. The van der Waals surface area contributed by atoms with Crippen LogP contribution in [0, 0.1) is 0 Å².